The number of alkyl halides is 3. The van der Waals surface area contributed by atoms with E-state index in [2.05, 4.69) is 31.0 Å². The zero-order valence-corrected chi connectivity index (χ0v) is 16.1. The third kappa shape index (κ3) is 3.80. The van der Waals surface area contributed by atoms with Crippen LogP contribution in [-0.2, 0) is 7.05 Å². The molecule has 0 radical (unpaired) electrons. The van der Waals surface area contributed by atoms with E-state index in [0.717, 1.165) is 27.7 Å². The molecule has 0 bridgehead atoms. The van der Waals surface area contributed by atoms with Crippen LogP contribution in [0.1, 0.15) is 17.9 Å². The van der Waals surface area contributed by atoms with Crippen molar-refractivity contribution in [2.75, 3.05) is 17.7 Å². The van der Waals surface area contributed by atoms with Crippen LogP contribution < -0.4 is 16.3 Å². The SMILES string of the molecule is CNc1nc(Nc2cc(-n3nnn(C)c3=O)c(C3CC3C(F)(F)F)cc2F)ncc1F. The van der Waals surface area contributed by atoms with Gasteiger partial charge in [-0.3, -0.25) is 0 Å². The summed E-state index contributed by atoms with van der Waals surface area (Å²) < 4.78 is 69.3. The standard InChI is InChI=1S/C17H15F5N8O/c1-23-14-11(19)6-24-15(26-14)25-12-5-13(30-16(31)29(2)27-28-30)8(4-10(12)18)7-3-9(7)17(20,21)22/h4-7,9H,3H2,1-2H3,(H2,23,24,25,26). The molecule has 164 valence electrons. The van der Waals surface area contributed by atoms with Crippen LogP contribution in [0.4, 0.5) is 39.4 Å². The van der Waals surface area contributed by atoms with Gasteiger partial charge in [0, 0.05) is 14.1 Å². The summed E-state index contributed by atoms with van der Waals surface area (Å²) in [5.41, 5.74) is -1.05. The molecule has 0 aliphatic heterocycles. The van der Waals surface area contributed by atoms with Gasteiger partial charge in [-0.2, -0.15) is 27.5 Å². The second-order valence-corrected chi connectivity index (χ2v) is 6.94. The van der Waals surface area contributed by atoms with E-state index in [4.69, 9.17) is 0 Å². The molecule has 0 spiro atoms. The van der Waals surface area contributed by atoms with Gasteiger partial charge in [0.2, 0.25) is 5.95 Å². The molecule has 3 aromatic rings. The summed E-state index contributed by atoms with van der Waals surface area (Å²) >= 11 is 0. The summed E-state index contributed by atoms with van der Waals surface area (Å²) in [6.07, 6.45) is -3.82. The van der Waals surface area contributed by atoms with Crippen molar-refractivity contribution in [1.82, 2.24) is 29.8 Å². The van der Waals surface area contributed by atoms with Crippen LogP contribution in [-0.4, -0.2) is 43.0 Å². The van der Waals surface area contributed by atoms with E-state index in [1.54, 1.807) is 0 Å². The summed E-state index contributed by atoms with van der Waals surface area (Å²) in [5.74, 6) is -4.62. The van der Waals surface area contributed by atoms with Gasteiger partial charge in [-0.15, -0.1) is 0 Å². The lowest BCUT2D eigenvalue weighted by Crippen LogP contribution is -2.23. The average Bonchev–Trinajstić information content (AvgIpc) is 3.46. The Kier molecular flexibility index (Phi) is 4.86. The van der Waals surface area contributed by atoms with Crippen molar-refractivity contribution in [2.24, 2.45) is 13.0 Å². The quantitative estimate of drug-likeness (QED) is 0.586. The van der Waals surface area contributed by atoms with E-state index in [0.29, 0.717) is 0 Å². The molecular formula is C17H15F5N8O. The first-order valence-corrected chi connectivity index (χ1v) is 8.97. The summed E-state index contributed by atoms with van der Waals surface area (Å²) in [7, 11) is 2.74. The maximum absolute atomic E-state index is 14.8. The molecule has 14 heteroatoms. The number of nitrogens with zero attached hydrogens (tertiary/aromatic N) is 6. The van der Waals surface area contributed by atoms with Crippen molar-refractivity contribution in [3.63, 3.8) is 0 Å². The lowest BCUT2D eigenvalue weighted by Gasteiger charge is -2.14. The van der Waals surface area contributed by atoms with Gasteiger partial charge in [0.25, 0.3) is 0 Å². The maximum atomic E-state index is 14.8. The Balaban J connectivity index is 1.79. The molecule has 2 atom stereocenters. The first-order chi connectivity index (χ1) is 14.6. The molecule has 0 saturated heterocycles. The van der Waals surface area contributed by atoms with Gasteiger partial charge in [0.15, 0.2) is 11.6 Å². The van der Waals surface area contributed by atoms with Gasteiger partial charge < -0.3 is 10.6 Å². The molecule has 1 aromatic carbocycles. The molecule has 2 N–H and O–H groups in total. The Morgan fingerprint density at radius 2 is 1.90 bits per heavy atom. The molecular weight excluding hydrogens is 427 g/mol. The number of halogens is 5. The smallest absolute Gasteiger partial charge is 0.371 e. The molecule has 1 aliphatic rings. The zero-order valence-electron chi connectivity index (χ0n) is 16.1. The van der Waals surface area contributed by atoms with Crippen molar-refractivity contribution in [3.8, 4) is 5.69 Å². The summed E-state index contributed by atoms with van der Waals surface area (Å²) in [5, 5.41) is 12.3. The van der Waals surface area contributed by atoms with Crippen LogP contribution in [0.25, 0.3) is 5.69 Å². The minimum atomic E-state index is -4.45. The Morgan fingerprint density at radius 1 is 1.16 bits per heavy atom. The highest BCUT2D eigenvalue weighted by atomic mass is 19.4. The molecule has 4 rings (SSSR count). The van der Waals surface area contributed by atoms with Crippen molar-refractivity contribution < 1.29 is 22.0 Å². The van der Waals surface area contributed by atoms with Gasteiger partial charge in [-0.05, 0) is 40.5 Å². The average molecular weight is 442 g/mol. The normalized spacial score (nSPS) is 18.2. The van der Waals surface area contributed by atoms with Gasteiger partial charge in [0.1, 0.15) is 5.82 Å². The zero-order chi connectivity index (χ0) is 22.5. The summed E-state index contributed by atoms with van der Waals surface area (Å²) in [4.78, 5) is 19.9. The topological polar surface area (TPSA) is 103 Å². The Hall–Kier alpha value is -3.58. The maximum Gasteiger partial charge on any atom is 0.392 e. The monoisotopic (exact) mass is 442 g/mol. The van der Waals surface area contributed by atoms with E-state index in [-0.39, 0.29) is 35.1 Å². The van der Waals surface area contributed by atoms with E-state index in [9.17, 15) is 26.7 Å². The Labute approximate surface area is 170 Å². The third-order valence-electron chi connectivity index (χ3n) is 4.90. The third-order valence-corrected chi connectivity index (χ3v) is 4.90. The van der Waals surface area contributed by atoms with E-state index in [1.807, 2.05) is 0 Å². The second kappa shape index (κ2) is 7.28. The highest BCUT2D eigenvalue weighted by molar-refractivity contribution is 5.62. The molecule has 2 aromatic heterocycles. The molecule has 2 heterocycles. The predicted molar refractivity (Wildman–Crippen MR) is 98.3 cm³/mol. The second-order valence-electron chi connectivity index (χ2n) is 6.94. The van der Waals surface area contributed by atoms with Gasteiger partial charge in [-0.25, -0.2) is 18.6 Å². The van der Waals surface area contributed by atoms with E-state index >= 15 is 0 Å². The number of aryl methyl sites for hydroxylation is 1. The van der Waals surface area contributed by atoms with Gasteiger partial charge in [-0.1, -0.05) is 0 Å². The minimum absolute atomic E-state index is 0.0242. The highest BCUT2D eigenvalue weighted by Crippen LogP contribution is 2.57. The number of benzene rings is 1. The minimum Gasteiger partial charge on any atom is -0.371 e. The molecule has 0 amide bonds. The number of nitrogens with one attached hydrogen (secondary N) is 2. The van der Waals surface area contributed by atoms with Crippen molar-refractivity contribution in [1.29, 1.82) is 0 Å². The summed E-state index contributed by atoms with van der Waals surface area (Å²) in [6.45, 7) is 0. The van der Waals surface area contributed by atoms with Crippen LogP contribution in [0.5, 0.6) is 0 Å². The fraction of sp³-hybridized carbons (Fsp3) is 0.353. The lowest BCUT2D eigenvalue weighted by atomic mass is 10.0. The molecule has 2 unspecified atom stereocenters. The first-order valence-electron chi connectivity index (χ1n) is 8.97. The number of hydrogen-bond acceptors (Lipinski definition) is 7. The highest BCUT2D eigenvalue weighted by Gasteiger charge is 2.57. The van der Waals surface area contributed by atoms with E-state index < -0.39 is 35.3 Å². The Bertz CT molecular complexity index is 1200. The number of rotatable bonds is 5. The molecule has 1 fully saturated rings. The van der Waals surface area contributed by atoms with Crippen molar-refractivity contribution in [3.05, 3.63) is 46.0 Å². The van der Waals surface area contributed by atoms with Crippen molar-refractivity contribution >= 4 is 17.5 Å². The Morgan fingerprint density at radius 3 is 2.48 bits per heavy atom. The fourth-order valence-electron chi connectivity index (χ4n) is 3.24. The molecule has 31 heavy (non-hydrogen) atoms. The molecule has 1 saturated carbocycles. The van der Waals surface area contributed by atoms with Crippen LogP contribution in [0, 0.1) is 17.6 Å². The number of tetrazole rings is 1. The van der Waals surface area contributed by atoms with Crippen LogP contribution >= 0.6 is 0 Å². The number of aromatic nitrogens is 6. The van der Waals surface area contributed by atoms with Crippen LogP contribution in [0.2, 0.25) is 0 Å². The lowest BCUT2D eigenvalue weighted by molar-refractivity contribution is -0.148. The molecule has 9 nitrogen and oxygen atoms in total. The van der Waals surface area contributed by atoms with Crippen LogP contribution in [0.3, 0.4) is 0 Å². The van der Waals surface area contributed by atoms with E-state index in [1.165, 1.54) is 14.1 Å². The first kappa shape index (κ1) is 20.7. The van der Waals surface area contributed by atoms with Gasteiger partial charge >= 0.3 is 11.9 Å². The fourth-order valence-corrected chi connectivity index (χ4v) is 3.24. The largest absolute Gasteiger partial charge is 0.392 e. The number of hydrogen-bond donors (Lipinski definition) is 2. The predicted octanol–water partition coefficient (Wildman–Crippen LogP) is 2.49. The molecule has 1 aliphatic carbocycles. The number of anilines is 3. The van der Waals surface area contributed by atoms with Crippen LogP contribution in [0.15, 0.2) is 23.1 Å². The summed E-state index contributed by atoms with van der Waals surface area (Å²) in [6, 6.07) is 2.04. The van der Waals surface area contributed by atoms with Crippen molar-refractivity contribution in [2.45, 2.75) is 18.5 Å². The van der Waals surface area contributed by atoms with Gasteiger partial charge in [0.05, 0.1) is 23.5 Å².